The number of benzene rings is 1. The van der Waals surface area contributed by atoms with E-state index in [1.165, 1.54) is 0 Å². The normalized spacial score (nSPS) is 14.6. The van der Waals surface area contributed by atoms with Crippen LogP contribution in [0.25, 0.3) is 0 Å². The number of aryl methyl sites for hydroxylation is 1. The van der Waals surface area contributed by atoms with Crippen molar-refractivity contribution in [1.29, 1.82) is 0 Å². The molecule has 0 saturated heterocycles. The summed E-state index contributed by atoms with van der Waals surface area (Å²) in [5, 5.41) is 16.3. The average molecular weight is 495 g/mol. The van der Waals surface area contributed by atoms with E-state index in [-0.39, 0.29) is 30.0 Å². The fourth-order valence-electron chi connectivity index (χ4n) is 2.83. The quantitative estimate of drug-likeness (QED) is 0.387. The molecule has 0 aliphatic carbocycles. The van der Waals surface area contributed by atoms with Crippen molar-refractivity contribution in [2.75, 3.05) is 7.05 Å². The Hall–Kier alpha value is -1.06. The zero-order valence-electron chi connectivity index (χ0n) is 14.1. The molecule has 9 heteroatoms. The minimum absolute atomic E-state index is 0. The average Bonchev–Trinajstić information content (AvgIpc) is 3.15. The molecular weight excluding hydrogens is 474 g/mol. The van der Waals surface area contributed by atoms with E-state index in [0.717, 1.165) is 36.6 Å². The maximum Gasteiger partial charge on any atom is 0.191 e. The molecule has 0 fully saturated rings. The molecule has 0 radical (unpaired) electrons. The molecule has 1 atom stereocenters. The Kier molecular flexibility index (Phi) is 7.33. The van der Waals surface area contributed by atoms with Crippen LogP contribution in [0, 0.1) is 0 Å². The minimum atomic E-state index is -0.00918. The second-order valence-corrected chi connectivity index (χ2v) is 6.59. The fourth-order valence-corrected chi connectivity index (χ4v) is 3.41. The van der Waals surface area contributed by atoms with Gasteiger partial charge in [-0.25, -0.2) is 0 Å². The van der Waals surface area contributed by atoms with Crippen LogP contribution in [0.15, 0.2) is 23.2 Å². The molecule has 2 N–H and O–H groups in total. The lowest BCUT2D eigenvalue weighted by molar-refractivity contribution is 0.646. The van der Waals surface area contributed by atoms with Gasteiger partial charge in [0.05, 0.1) is 12.6 Å². The van der Waals surface area contributed by atoms with Gasteiger partial charge in [0.15, 0.2) is 11.8 Å². The first-order valence-electron chi connectivity index (χ1n) is 7.91. The third-order valence-electron chi connectivity index (χ3n) is 4.11. The predicted octanol–water partition coefficient (Wildman–Crippen LogP) is 3.58. The van der Waals surface area contributed by atoms with Crippen molar-refractivity contribution in [2.45, 2.75) is 38.9 Å². The molecule has 6 nitrogen and oxygen atoms in total. The van der Waals surface area contributed by atoms with E-state index in [2.05, 4.69) is 30.4 Å². The second kappa shape index (κ2) is 9.05. The highest BCUT2D eigenvalue weighted by atomic mass is 127. The molecule has 2 heterocycles. The molecule has 136 valence electrons. The molecule has 2 aromatic rings. The molecule has 1 aliphatic rings. The standard InChI is InChI=1S/C16H20Cl2N6.HI/c1-10(12-6-5-11(17)8-13(12)18)21-16(19-2)20-9-15-23-22-14-4-3-7-24(14)15;/h5-6,8,10H,3-4,7,9H2,1-2H3,(H2,19,20,21);1H. The summed E-state index contributed by atoms with van der Waals surface area (Å²) in [5.41, 5.74) is 0.965. The maximum absolute atomic E-state index is 6.27. The molecule has 25 heavy (non-hydrogen) atoms. The van der Waals surface area contributed by atoms with E-state index < -0.39 is 0 Å². The van der Waals surface area contributed by atoms with Gasteiger partial charge >= 0.3 is 0 Å². The van der Waals surface area contributed by atoms with Gasteiger partial charge in [-0.2, -0.15) is 0 Å². The van der Waals surface area contributed by atoms with Crippen molar-refractivity contribution in [3.05, 3.63) is 45.5 Å². The van der Waals surface area contributed by atoms with Crippen LogP contribution in [0.2, 0.25) is 10.0 Å². The van der Waals surface area contributed by atoms with E-state index >= 15 is 0 Å². The first-order valence-corrected chi connectivity index (χ1v) is 8.67. The van der Waals surface area contributed by atoms with E-state index in [1.807, 2.05) is 19.1 Å². The number of rotatable bonds is 4. The number of hydrogen-bond acceptors (Lipinski definition) is 3. The summed E-state index contributed by atoms with van der Waals surface area (Å²) in [6, 6.07) is 5.48. The fraction of sp³-hybridized carbons (Fsp3) is 0.438. The number of hydrogen-bond donors (Lipinski definition) is 2. The van der Waals surface area contributed by atoms with Gasteiger partial charge < -0.3 is 15.2 Å². The molecule has 0 spiro atoms. The van der Waals surface area contributed by atoms with Crippen LogP contribution in [0.3, 0.4) is 0 Å². The number of fused-ring (bicyclic) bond motifs is 1. The highest BCUT2D eigenvalue weighted by molar-refractivity contribution is 14.0. The first kappa shape index (κ1) is 20.3. The molecule has 1 unspecified atom stereocenters. The van der Waals surface area contributed by atoms with E-state index in [0.29, 0.717) is 22.5 Å². The van der Waals surface area contributed by atoms with Crippen molar-refractivity contribution in [1.82, 2.24) is 25.4 Å². The van der Waals surface area contributed by atoms with Crippen LogP contribution in [0.4, 0.5) is 0 Å². The zero-order valence-corrected chi connectivity index (χ0v) is 17.9. The first-order chi connectivity index (χ1) is 11.6. The topological polar surface area (TPSA) is 67.1 Å². The Morgan fingerprint density at radius 1 is 1.36 bits per heavy atom. The van der Waals surface area contributed by atoms with Gasteiger partial charge in [0, 0.05) is 30.1 Å². The molecule has 3 rings (SSSR count). The lowest BCUT2D eigenvalue weighted by Crippen LogP contribution is -2.38. The molecule has 0 bridgehead atoms. The van der Waals surface area contributed by atoms with Gasteiger partial charge in [0.25, 0.3) is 0 Å². The predicted molar refractivity (Wildman–Crippen MR) is 112 cm³/mol. The summed E-state index contributed by atoms with van der Waals surface area (Å²) >= 11 is 12.2. The van der Waals surface area contributed by atoms with Gasteiger partial charge in [0.1, 0.15) is 5.82 Å². The highest BCUT2D eigenvalue weighted by Crippen LogP contribution is 2.26. The number of nitrogens with zero attached hydrogens (tertiary/aromatic N) is 4. The van der Waals surface area contributed by atoms with Crippen molar-refractivity contribution < 1.29 is 0 Å². The van der Waals surface area contributed by atoms with Crippen LogP contribution in [-0.2, 0) is 19.5 Å². The minimum Gasteiger partial charge on any atom is -0.350 e. The molecule has 1 aliphatic heterocycles. The van der Waals surface area contributed by atoms with Crippen LogP contribution in [0.5, 0.6) is 0 Å². The Labute approximate surface area is 174 Å². The smallest absolute Gasteiger partial charge is 0.191 e. The number of guanidine groups is 1. The zero-order chi connectivity index (χ0) is 17.1. The van der Waals surface area contributed by atoms with Crippen LogP contribution >= 0.6 is 47.2 Å². The van der Waals surface area contributed by atoms with Gasteiger partial charge in [-0.15, -0.1) is 34.2 Å². The van der Waals surface area contributed by atoms with Gasteiger partial charge in [-0.05, 0) is 31.0 Å². The third-order valence-corrected chi connectivity index (χ3v) is 4.67. The Balaban J connectivity index is 0.00000225. The van der Waals surface area contributed by atoms with E-state index in [9.17, 15) is 0 Å². The molecule has 1 aromatic carbocycles. The Morgan fingerprint density at radius 2 is 2.16 bits per heavy atom. The molecule has 0 saturated carbocycles. The van der Waals surface area contributed by atoms with Crippen molar-refractivity contribution in [2.24, 2.45) is 4.99 Å². The highest BCUT2D eigenvalue weighted by Gasteiger charge is 2.17. The van der Waals surface area contributed by atoms with Crippen LogP contribution < -0.4 is 10.6 Å². The Bertz CT molecular complexity index is 761. The lowest BCUT2D eigenvalue weighted by atomic mass is 10.1. The monoisotopic (exact) mass is 494 g/mol. The van der Waals surface area contributed by atoms with Gasteiger partial charge in [0.2, 0.25) is 0 Å². The van der Waals surface area contributed by atoms with Gasteiger partial charge in [-0.3, -0.25) is 4.99 Å². The molecule has 0 amide bonds. The summed E-state index contributed by atoms with van der Waals surface area (Å²) in [7, 11) is 1.74. The molecule has 1 aromatic heterocycles. The maximum atomic E-state index is 6.27. The summed E-state index contributed by atoms with van der Waals surface area (Å²) in [6.45, 7) is 3.59. The largest absolute Gasteiger partial charge is 0.350 e. The van der Waals surface area contributed by atoms with Gasteiger partial charge in [-0.1, -0.05) is 29.3 Å². The SMILES string of the molecule is CN=C(NCc1nnc2n1CCC2)NC(C)c1ccc(Cl)cc1Cl.I. The number of halogens is 3. The van der Waals surface area contributed by atoms with E-state index in [1.54, 1.807) is 13.1 Å². The summed E-state index contributed by atoms with van der Waals surface area (Å²) in [5.74, 6) is 2.68. The number of nitrogens with one attached hydrogen (secondary N) is 2. The Morgan fingerprint density at radius 3 is 2.88 bits per heavy atom. The van der Waals surface area contributed by atoms with Crippen molar-refractivity contribution in [3.8, 4) is 0 Å². The summed E-state index contributed by atoms with van der Waals surface area (Å²) in [6.07, 6.45) is 2.14. The van der Waals surface area contributed by atoms with Crippen LogP contribution in [-0.4, -0.2) is 27.8 Å². The van der Waals surface area contributed by atoms with Crippen LogP contribution in [0.1, 0.15) is 36.6 Å². The van der Waals surface area contributed by atoms with Crippen molar-refractivity contribution in [3.63, 3.8) is 0 Å². The number of aliphatic imine (C=N–C) groups is 1. The molecular formula is C16H21Cl2IN6. The van der Waals surface area contributed by atoms with Crippen molar-refractivity contribution >= 4 is 53.1 Å². The summed E-state index contributed by atoms with van der Waals surface area (Å²) < 4.78 is 2.17. The third kappa shape index (κ3) is 4.77. The van der Waals surface area contributed by atoms with E-state index in [4.69, 9.17) is 23.2 Å². The lowest BCUT2D eigenvalue weighted by Gasteiger charge is -2.19. The second-order valence-electron chi connectivity index (χ2n) is 5.75. The summed E-state index contributed by atoms with van der Waals surface area (Å²) in [4.78, 5) is 4.26. The number of aromatic nitrogens is 3.